The van der Waals surface area contributed by atoms with Crippen molar-refractivity contribution in [3.63, 3.8) is 0 Å². The van der Waals surface area contributed by atoms with Crippen LogP contribution in [0.3, 0.4) is 0 Å². The molecule has 134 valence electrons. The van der Waals surface area contributed by atoms with Gasteiger partial charge < -0.3 is 10.2 Å². The predicted molar refractivity (Wildman–Crippen MR) is 98.8 cm³/mol. The number of phenolic OH excluding ortho intramolecular Hbond substituents is 2. The van der Waals surface area contributed by atoms with E-state index in [1.807, 2.05) is 6.92 Å². The van der Waals surface area contributed by atoms with Crippen molar-refractivity contribution in [2.45, 2.75) is 19.9 Å². The van der Waals surface area contributed by atoms with Gasteiger partial charge in [-0.2, -0.15) is 5.10 Å². The van der Waals surface area contributed by atoms with Gasteiger partial charge in [0.2, 0.25) is 0 Å². The number of benzene rings is 1. The fourth-order valence-corrected chi connectivity index (χ4v) is 3.23. The van der Waals surface area contributed by atoms with Crippen LogP contribution >= 0.6 is 11.3 Å². The van der Waals surface area contributed by atoms with E-state index in [0.29, 0.717) is 15.8 Å². The van der Waals surface area contributed by atoms with E-state index in [4.69, 9.17) is 0 Å². The molecule has 0 saturated heterocycles. The van der Waals surface area contributed by atoms with E-state index in [-0.39, 0.29) is 23.6 Å². The number of fused-ring (bicyclic) bond motifs is 1. The van der Waals surface area contributed by atoms with Gasteiger partial charge in [0.25, 0.3) is 11.5 Å². The first-order valence-corrected chi connectivity index (χ1v) is 8.61. The fourth-order valence-electron chi connectivity index (χ4n) is 2.30. The molecule has 8 nitrogen and oxygen atoms in total. The molecular formula is C17H16N4O4S. The quantitative estimate of drug-likeness (QED) is 0.464. The summed E-state index contributed by atoms with van der Waals surface area (Å²) in [6.07, 6.45) is 3.40. The lowest BCUT2D eigenvalue weighted by Crippen LogP contribution is -2.29. The molecule has 0 atom stereocenters. The van der Waals surface area contributed by atoms with Crippen molar-refractivity contribution in [2.24, 2.45) is 5.10 Å². The molecule has 0 unspecified atom stereocenters. The van der Waals surface area contributed by atoms with E-state index in [2.05, 4.69) is 15.5 Å². The molecule has 0 spiro atoms. The van der Waals surface area contributed by atoms with Crippen LogP contribution in [-0.4, -0.2) is 31.9 Å². The van der Waals surface area contributed by atoms with Crippen LogP contribution < -0.4 is 11.0 Å². The smallest absolute Gasteiger partial charge is 0.262 e. The van der Waals surface area contributed by atoms with E-state index in [1.54, 1.807) is 6.07 Å². The lowest BCUT2D eigenvalue weighted by Gasteiger charge is -2.04. The second kappa shape index (κ2) is 7.36. The van der Waals surface area contributed by atoms with Gasteiger partial charge in [-0.15, -0.1) is 11.3 Å². The Balaban J connectivity index is 1.70. The molecule has 9 heteroatoms. The zero-order valence-corrected chi connectivity index (χ0v) is 14.7. The summed E-state index contributed by atoms with van der Waals surface area (Å²) in [6.45, 7) is 1.78. The molecule has 0 fully saturated rings. The Labute approximate surface area is 152 Å². The molecule has 0 aliphatic heterocycles. The first-order valence-electron chi connectivity index (χ1n) is 7.79. The minimum atomic E-state index is -0.506. The zero-order chi connectivity index (χ0) is 18.7. The molecule has 26 heavy (non-hydrogen) atoms. The molecule has 3 rings (SSSR count). The van der Waals surface area contributed by atoms with Gasteiger partial charge in [0.05, 0.1) is 17.9 Å². The Morgan fingerprint density at radius 1 is 1.38 bits per heavy atom. The Kier molecular flexibility index (Phi) is 4.99. The van der Waals surface area contributed by atoms with Gasteiger partial charge in [-0.05, 0) is 24.6 Å². The monoisotopic (exact) mass is 372 g/mol. The number of nitrogens with zero attached hydrogens (tertiary/aromatic N) is 3. The maximum Gasteiger partial charge on any atom is 0.262 e. The minimum Gasteiger partial charge on any atom is -0.508 e. The fraction of sp³-hybridized carbons (Fsp3) is 0.176. The number of carbonyl (C=O) groups excluding carboxylic acids is 1. The number of rotatable bonds is 5. The number of aryl methyl sites for hydroxylation is 1. The number of thiophene rings is 1. The Morgan fingerprint density at radius 3 is 2.92 bits per heavy atom. The van der Waals surface area contributed by atoms with Crippen LogP contribution in [0.25, 0.3) is 10.2 Å². The standard InChI is InChI=1S/C17H16N4O4S/c1-2-12-6-13-16(26-12)18-9-21(17(13)25)8-15(24)20-19-7-10-3-4-11(22)5-14(10)23/h3-7,9,22-23H,2,8H2,1H3,(H,20,24)/b19-7+. The van der Waals surface area contributed by atoms with Gasteiger partial charge in [-0.3, -0.25) is 14.2 Å². The van der Waals surface area contributed by atoms with Crippen LogP contribution in [0, 0.1) is 0 Å². The molecule has 1 amide bonds. The molecular weight excluding hydrogens is 356 g/mol. The zero-order valence-electron chi connectivity index (χ0n) is 13.8. The summed E-state index contributed by atoms with van der Waals surface area (Å²) < 4.78 is 1.22. The number of hydrogen-bond acceptors (Lipinski definition) is 7. The highest BCUT2D eigenvalue weighted by atomic mass is 32.1. The third-order valence-corrected chi connectivity index (χ3v) is 4.83. The van der Waals surface area contributed by atoms with Crippen molar-refractivity contribution in [1.29, 1.82) is 0 Å². The normalized spacial score (nSPS) is 11.3. The number of carbonyl (C=O) groups is 1. The van der Waals surface area contributed by atoms with Gasteiger partial charge in [0, 0.05) is 16.5 Å². The van der Waals surface area contributed by atoms with Gasteiger partial charge in [0.15, 0.2) is 0 Å². The maximum atomic E-state index is 12.4. The molecule has 3 aromatic rings. The maximum absolute atomic E-state index is 12.4. The van der Waals surface area contributed by atoms with Crippen molar-refractivity contribution < 1.29 is 15.0 Å². The highest BCUT2D eigenvalue weighted by Crippen LogP contribution is 2.21. The number of nitrogens with one attached hydrogen (secondary N) is 1. The Hall–Kier alpha value is -3.20. The summed E-state index contributed by atoms with van der Waals surface area (Å²) in [4.78, 5) is 30.3. The molecule has 1 aromatic carbocycles. The highest BCUT2D eigenvalue weighted by molar-refractivity contribution is 7.18. The lowest BCUT2D eigenvalue weighted by atomic mass is 10.2. The third-order valence-electron chi connectivity index (χ3n) is 3.64. The first kappa shape index (κ1) is 17.6. The molecule has 0 aliphatic rings. The van der Waals surface area contributed by atoms with E-state index < -0.39 is 5.91 Å². The number of aromatic hydroxyl groups is 2. The summed E-state index contributed by atoms with van der Waals surface area (Å²) in [7, 11) is 0. The molecule has 0 bridgehead atoms. The molecule has 3 N–H and O–H groups in total. The number of hydrogen-bond donors (Lipinski definition) is 3. The SMILES string of the molecule is CCc1cc2c(=O)n(CC(=O)N/N=C/c3ccc(O)cc3O)cnc2s1. The number of hydrazone groups is 1. The van der Waals surface area contributed by atoms with Crippen molar-refractivity contribution in [1.82, 2.24) is 15.0 Å². The van der Waals surface area contributed by atoms with Crippen LogP contribution in [0.1, 0.15) is 17.4 Å². The van der Waals surface area contributed by atoms with Crippen molar-refractivity contribution in [3.8, 4) is 11.5 Å². The molecule has 0 saturated carbocycles. The van der Waals surface area contributed by atoms with Crippen molar-refractivity contribution in [2.75, 3.05) is 0 Å². The summed E-state index contributed by atoms with van der Waals surface area (Å²) in [6, 6.07) is 5.80. The molecule has 2 aromatic heterocycles. The Bertz CT molecular complexity index is 1050. The lowest BCUT2D eigenvalue weighted by molar-refractivity contribution is -0.121. The van der Waals surface area contributed by atoms with Gasteiger partial charge in [-0.25, -0.2) is 10.4 Å². The second-order valence-corrected chi connectivity index (χ2v) is 6.61. The average molecular weight is 372 g/mol. The molecule has 0 radical (unpaired) electrons. The molecule has 0 aliphatic carbocycles. The Morgan fingerprint density at radius 2 is 2.19 bits per heavy atom. The minimum absolute atomic E-state index is 0.0781. The topological polar surface area (TPSA) is 117 Å². The number of phenols is 2. The summed E-state index contributed by atoms with van der Waals surface area (Å²) in [5.41, 5.74) is 2.34. The third kappa shape index (κ3) is 3.72. The van der Waals surface area contributed by atoms with Crippen LogP contribution in [0.2, 0.25) is 0 Å². The van der Waals surface area contributed by atoms with Crippen molar-refractivity contribution >= 4 is 33.7 Å². The number of aromatic nitrogens is 2. The van der Waals surface area contributed by atoms with Crippen molar-refractivity contribution in [3.05, 3.63) is 51.4 Å². The van der Waals surface area contributed by atoms with Gasteiger partial charge in [-0.1, -0.05) is 6.92 Å². The summed E-state index contributed by atoms with van der Waals surface area (Å²) in [5, 5.41) is 23.1. The molecule has 2 heterocycles. The summed E-state index contributed by atoms with van der Waals surface area (Å²) in [5.74, 6) is -0.752. The average Bonchev–Trinajstić information content (AvgIpc) is 3.03. The second-order valence-electron chi connectivity index (χ2n) is 5.50. The largest absolute Gasteiger partial charge is 0.508 e. The van der Waals surface area contributed by atoms with Gasteiger partial charge >= 0.3 is 0 Å². The van der Waals surface area contributed by atoms with Crippen LogP contribution in [0.5, 0.6) is 11.5 Å². The van der Waals surface area contributed by atoms with Crippen LogP contribution in [0.4, 0.5) is 0 Å². The van der Waals surface area contributed by atoms with E-state index in [1.165, 1.54) is 40.6 Å². The van der Waals surface area contributed by atoms with E-state index >= 15 is 0 Å². The summed E-state index contributed by atoms with van der Waals surface area (Å²) >= 11 is 1.46. The van der Waals surface area contributed by atoms with Crippen LogP contribution in [0.15, 0.2) is 40.5 Å². The van der Waals surface area contributed by atoms with Crippen LogP contribution in [-0.2, 0) is 17.8 Å². The predicted octanol–water partition coefficient (Wildman–Crippen LogP) is 1.58. The first-order chi connectivity index (χ1) is 12.5. The van der Waals surface area contributed by atoms with E-state index in [9.17, 15) is 19.8 Å². The highest BCUT2D eigenvalue weighted by Gasteiger charge is 2.10. The van der Waals surface area contributed by atoms with E-state index in [0.717, 1.165) is 17.4 Å². The van der Waals surface area contributed by atoms with Gasteiger partial charge in [0.1, 0.15) is 22.9 Å². The number of amides is 1.